The number of piperidine rings is 2. The molecule has 10 heterocycles. The van der Waals surface area contributed by atoms with Gasteiger partial charge in [0.05, 0.1) is 37.4 Å². The minimum absolute atomic E-state index is 0.0423. The van der Waals surface area contributed by atoms with Crippen LogP contribution in [0.3, 0.4) is 0 Å². The number of nitrogens with one attached hydrogen (secondary N) is 5. The molecule has 538 valence electrons. The molecule has 2 unspecified atom stereocenters. The maximum atomic E-state index is 13.2. The van der Waals surface area contributed by atoms with E-state index in [0.717, 1.165) is 151 Å². The van der Waals surface area contributed by atoms with Gasteiger partial charge in [0, 0.05) is 101 Å². The summed E-state index contributed by atoms with van der Waals surface area (Å²) < 4.78 is 4.12. The van der Waals surface area contributed by atoms with Crippen molar-refractivity contribution in [2.45, 2.75) is 181 Å². The van der Waals surface area contributed by atoms with E-state index in [0.29, 0.717) is 86.6 Å². The number of hydrogen-bond donors (Lipinski definition) is 5. The van der Waals surface area contributed by atoms with E-state index in [2.05, 4.69) is 88.7 Å². The highest BCUT2D eigenvalue weighted by atomic mass is 35.5. The highest BCUT2D eigenvalue weighted by molar-refractivity contribution is 7.15. The molecule has 4 aromatic heterocycles. The standard InChI is InChI=1S/C36H45ClN8O4S.C27H32ClN5O2S.C9H13N3O3/c1-22-23(2)50-36-32(22)33(25-10-12-26(37)13-11-25)39-27(34-42-41-24(3)45(34)36)20-30(47)38-16-8-6-4-5-7-9-17-43-18-19-44(31(48)21-43)28-14-15-29(46)40-35(28)49;1-17-18(2)36-27-24(17)25(20-10-12-21(28)13-11-20)30-22(26-32-31-19(3)33(26)27)16-23(35)29-14-8-6-4-5-7-9-15-34;13-7-2-1-6(9(15)11-7)12-4-3-10-5-8(12)14/h10-13,27-28H,4-9,14-21H2,1-3H3,(H,38,47)(H,40,46,49);10-13,15,22H,4-9,14,16H2,1-3H3,(H,29,35);6,10H,1-5H2,(H,11,13,15)/t27-,28?;22-;/m00./s1. The Kier molecular flexibility index (Phi) is 26.6. The molecular weight excluding hydrogens is 1370 g/mol. The number of rotatable bonds is 25. The Bertz CT molecular complexity index is 4090. The molecule has 12 rings (SSSR count). The van der Waals surface area contributed by atoms with E-state index in [1.807, 2.05) is 62.4 Å². The number of unbranched alkanes of at least 4 members (excludes halogenated alkanes) is 10. The number of fused-ring (bicyclic) bond motifs is 6. The normalized spacial score (nSPS) is 19.0. The van der Waals surface area contributed by atoms with E-state index in [1.54, 1.807) is 32.5 Å². The van der Waals surface area contributed by atoms with E-state index < -0.39 is 24.2 Å². The van der Waals surface area contributed by atoms with Gasteiger partial charge in [-0.3, -0.25) is 73.0 Å². The first-order chi connectivity index (χ1) is 48.7. The molecule has 4 fully saturated rings. The van der Waals surface area contributed by atoms with Gasteiger partial charge in [-0.05, 0) is 122 Å². The zero-order valence-corrected chi connectivity index (χ0v) is 61.4. The molecule has 25 nitrogen and oxygen atoms in total. The van der Waals surface area contributed by atoms with Crippen molar-refractivity contribution in [2.24, 2.45) is 9.98 Å². The summed E-state index contributed by atoms with van der Waals surface area (Å²) in [6, 6.07) is 13.4. The third-order valence-corrected chi connectivity index (χ3v) is 22.0. The van der Waals surface area contributed by atoms with Gasteiger partial charge >= 0.3 is 0 Å². The molecule has 6 aliphatic rings. The number of aldehydes is 1. The first-order valence-electron chi connectivity index (χ1n) is 35.1. The number of thiophene rings is 2. The van der Waals surface area contributed by atoms with Crippen molar-refractivity contribution in [3.05, 3.63) is 125 Å². The van der Waals surface area contributed by atoms with E-state index in [-0.39, 0.29) is 73.1 Å². The Morgan fingerprint density at radius 3 is 1.46 bits per heavy atom. The third-order valence-electron chi connectivity index (χ3n) is 19.2. The Balaban J connectivity index is 0.000000186. The second-order valence-corrected chi connectivity index (χ2v) is 29.6. The minimum Gasteiger partial charge on any atom is -0.356 e. The summed E-state index contributed by atoms with van der Waals surface area (Å²) in [5.74, 6) is 1.45. The van der Waals surface area contributed by atoms with Crippen LogP contribution in [0.4, 0.5) is 0 Å². The van der Waals surface area contributed by atoms with Crippen molar-refractivity contribution in [1.29, 1.82) is 0 Å². The first kappa shape index (κ1) is 75.5. The van der Waals surface area contributed by atoms with Gasteiger partial charge in [-0.15, -0.1) is 43.1 Å². The lowest BCUT2D eigenvalue weighted by molar-refractivity contribution is -0.149. The smallest absolute Gasteiger partial charge is 0.249 e. The molecule has 0 saturated carbocycles. The number of piperazine rings is 2. The second kappa shape index (κ2) is 35.6. The topological polar surface area (TPSA) is 310 Å². The van der Waals surface area contributed by atoms with Crippen LogP contribution in [0.15, 0.2) is 58.5 Å². The average molecular weight is 1460 g/mol. The van der Waals surface area contributed by atoms with Crippen molar-refractivity contribution in [3.63, 3.8) is 0 Å². The molecule has 0 bridgehead atoms. The van der Waals surface area contributed by atoms with Crippen LogP contribution < -0.4 is 26.6 Å². The summed E-state index contributed by atoms with van der Waals surface area (Å²) in [6.45, 7) is 17.5. The molecule has 29 heteroatoms. The second-order valence-electron chi connectivity index (χ2n) is 26.3. The Labute approximate surface area is 606 Å². The fourth-order valence-corrected chi connectivity index (χ4v) is 16.1. The largest absolute Gasteiger partial charge is 0.356 e. The number of aromatic nitrogens is 6. The zero-order chi connectivity index (χ0) is 71.9. The average Bonchev–Trinajstić information content (AvgIpc) is 1.60. The zero-order valence-electron chi connectivity index (χ0n) is 58.3. The fraction of sp³-hybridized carbons (Fsp3) is 0.514. The molecule has 0 radical (unpaired) electrons. The maximum Gasteiger partial charge on any atom is 0.249 e. The summed E-state index contributed by atoms with van der Waals surface area (Å²) >= 11 is 15.8. The lowest BCUT2D eigenvalue weighted by atomic mass is 9.99. The fourth-order valence-electron chi connectivity index (χ4n) is 13.4. The first-order valence-corrected chi connectivity index (χ1v) is 37.5. The highest BCUT2D eigenvalue weighted by Gasteiger charge is 2.39. The predicted molar refractivity (Wildman–Crippen MR) is 388 cm³/mol. The van der Waals surface area contributed by atoms with Gasteiger partial charge in [0.15, 0.2) is 11.6 Å². The van der Waals surface area contributed by atoms with Crippen LogP contribution in [-0.4, -0.2) is 180 Å². The van der Waals surface area contributed by atoms with Gasteiger partial charge in [-0.1, -0.05) is 92.4 Å². The number of carbonyl (C=O) groups excluding carboxylic acids is 9. The highest BCUT2D eigenvalue weighted by Crippen LogP contribution is 2.42. The van der Waals surface area contributed by atoms with Crippen molar-refractivity contribution in [3.8, 4) is 10.0 Å². The van der Waals surface area contributed by atoms with Crippen molar-refractivity contribution in [2.75, 3.05) is 58.9 Å². The van der Waals surface area contributed by atoms with Crippen LogP contribution in [0.5, 0.6) is 0 Å². The van der Waals surface area contributed by atoms with E-state index in [4.69, 9.17) is 33.2 Å². The van der Waals surface area contributed by atoms with Gasteiger partial charge in [0.1, 0.15) is 52.1 Å². The molecule has 6 aromatic rings. The number of halogens is 2. The van der Waals surface area contributed by atoms with Gasteiger partial charge < -0.3 is 30.5 Å². The number of carbonyl (C=O) groups is 9. The maximum absolute atomic E-state index is 13.2. The van der Waals surface area contributed by atoms with E-state index >= 15 is 0 Å². The molecule has 4 saturated heterocycles. The van der Waals surface area contributed by atoms with Crippen molar-refractivity contribution < 1.29 is 43.2 Å². The van der Waals surface area contributed by atoms with Crippen LogP contribution >= 0.6 is 45.9 Å². The van der Waals surface area contributed by atoms with Crippen LogP contribution in [0.2, 0.25) is 10.0 Å². The predicted octanol–water partition coefficient (Wildman–Crippen LogP) is 8.66. The Morgan fingerprint density at radius 2 is 1.01 bits per heavy atom. The lowest BCUT2D eigenvalue weighted by Gasteiger charge is -2.39. The number of hydrogen-bond acceptors (Lipinski definition) is 19. The third kappa shape index (κ3) is 18.9. The van der Waals surface area contributed by atoms with Crippen LogP contribution in [-0.2, 0) is 43.2 Å². The van der Waals surface area contributed by atoms with Crippen molar-refractivity contribution in [1.82, 2.24) is 70.8 Å². The summed E-state index contributed by atoms with van der Waals surface area (Å²) in [4.78, 5) is 125. The number of benzene rings is 2. The number of amides is 8. The Morgan fingerprint density at radius 1 is 0.564 bits per heavy atom. The van der Waals surface area contributed by atoms with Gasteiger partial charge in [0.25, 0.3) is 0 Å². The monoisotopic (exact) mass is 1460 g/mol. The molecule has 8 amide bonds. The molecular formula is C72H90Cl2N16O9S2. The van der Waals surface area contributed by atoms with Crippen LogP contribution in [0.25, 0.3) is 10.0 Å². The quantitative estimate of drug-likeness (QED) is 0.0203. The molecule has 101 heavy (non-hydrogen) atoms. The van der Waals surface area contributed by atoms with Crippen molar-refractivity contribution >= 4 is 111 Å². The van der Waals surface area contributed by atoms with E-state index in [1.165, 1.54) is 15.3 Å². The summed E-state index contributed by atoms with van der Waals surface area (Å²) in [6.07, 6.45) is 14.6. The van der Waals surface area contributed by atoms with Gasteiger partial charge in [0.2, 0.25) is 47.3 Å². The minimum atomic E-state index is -0.528. The summed E-state index contributed by atoms with van der Waals surface area (Å²) in [7, 11) is 0. The SMILES string of the molecule is Cc1sc2c(c1C)C(c1ccc(Cl)cc1)=N[C@@H](CC(=O)NCCCCCCCC=O)c1nnc(C)n1-2.Cc1sc2c(c1C)C(c1ccc(Cl)cc1)=N[C@@H](CC(=O)NCCCCCCCCN1CCN(C3CCC(=O)NC3=O)C(=O)C1)c1nnc(C)n1-2.O=C1CCC(N2CCNCC2=O)C(=O)N1. The lowest BCUT2D eigenvalue weighted by Crippen LogP contribution is -2.60. The molecule has 2 aromatic carbocycles. The molecule has 5 N–H and O–H groups in total. The van der Waals surface area contributed by atoms with Crippen LogP contribution in [0, 0.1) is 41.5 Å². The summed E-state index contributed by atoms with van der Waals surface area (Å²) in [5, 5.41) is 34.8. The van der Waals surface area contributed by atoms with E-state index in [9.17, 15) is 43.2 Å². The Hall–Kier alpha value is -8.21. The molecule has 6 aliphatic heterocycles. The number of nitrogens with zero attached hydrogens (tertiary/aromatic N) is 11. The van der Waals surface area contributed by atoms with Crippen LogP contribution in [0.1, 0.15) is 194 Å². The van der Waals surface area contributed by atoms with Gasteiger partial charge in [-0.2, -0.15) is 0 Å². The molecule has 0 aliphatic carbocycles. The number of aryl methyl sites for hydroxylation is 4. The number of aliphatic imine (C=N–C) groups is 2. The number of imide groups is 2. The summed E-state index contributed by atoms with van der Waals surface area (Å²) in [5.41, 5.74) is 8.01. The molecule has 0 spiro atoms. The van der Waals surface area contributed by atoms with Gasteiger partial charge in [-0.25, -0.2) is 0 Å². The molecule has 4 atom stereocenters.